The number of rotatable bonds is 4. The van der Waals surface area contributed by atoms with Crippen LogP contribution >= 0.6 is 0 Å². The van der Waals surface area contributed by atoms with Gasteiger partial charge in [0.05, 0.1) is 0 Å². The van der Waals surface area contributed by atoms with E-state index >= 15 is 0 Å². The van der Waals surface area contributed by atoms with Crippen LogP contribution in [0.15, 0.2) is 42.5 Å². The molecule has 0 unspecified atom stereocenters. The fraction of sp³-hybridized carbons (Fsp3) is 0.450. The summed E-state index contributed by atoms with van der Waals surface area (Å²) in [6.07, 6.45) is 6.71. The molecule has 0 saturated heterocycles. The molecule has 1 atom stereocenters. The van der Waals surface area contributed by atoms with Crippen LogP contribution in [0.25, 0.3) is 10.8 Å². The van der Waals surface area contributed by atoms with Gasteiger partial charge in [0.25, 0.3) is 5.91 Å². The molecule has 0 bridgehead atoms. The lowest BCUT2D eigenvalue weighted by Crippen LogP contribution is -2.42. The molecule has 1 fully saturated rings. The molecular formula is C20H25NO2. The fourth-order valence-corrected chi connectivity index (χ4v) is 3.24. The lowest BCUT2D eigenvalue weighted by molar-refractivity contribution is -0.128. The van der Waals surface area contributed by atoms with E-state index in [1.165, 1.54) is 31.1 Å². The summed E-state index contributed by atoms with van der Waals surface area (Å²) in [4.78, 5) is 12.4. The van der Waals surface area contributed by atoms with Crippen LogP contribution in [0.2, 0.25) is 0 Å². The Kier molecular flexibility index (Phi) is 5.16. The van der Waals surface area contributed by atoms with Crippen molar-refractivity contribution in [3.63, 3.8) is 0 Å². The van der Waals surface area contributed by atoms with E-state index in [1.54, 1.807) is 0 Å². The number of nitrogens with one attached hydrogen (secondary N) is 1. The molecule has 1 N–H and O–H groups in total. The highest BCUT2D eigenvalue weighted by atomic mass is 16.5. The summed E-state index contributed by atoms with van der Waals surface area (Å²) >= 11 is 0. The summed E-state index contributed by atoms with van der Waals surface area (Å²) in [7, 11) is 0. The van der Waals surface area contributed by atoms with Crippen LogP contribution in [0.5, 0.6) is 5.75 Å². The van der Waals surface area contributed by atoms with Gasteiger partial charge in [-0.15, -0.1) is 0 Å². The lowest BCUT2D eigenvalue weighted by atomic mass is 10.1. The third-order valence-corrected chi connectivity index (χ3v) is 4.60. The summed E-state index contributed by atoms with van der Waals surface area (Å²) in [5.41, 5.74) is 0. The number of benzene rings is 2. The summed E-state index contributed by atoms with van der Waals surface area (Å²) in [6, 6.07) is 14.4. The van der Waals surface area contributed by atoms with E-state index in [0.29, 0.717) is 6.04 Å². The molecular weight excluding hydrogens is 286 g/mol. The molecule has 1 aliphatic carbocycles. The molecule has 0 radical (unpaired) electrons. The molecule has 3 heteroatoms. The van der Waals surface area contributed by atoms with Crippen molar-refractivity contribution in [3.8, 4) is 5.75 Å². The number of carbonyl (C=O) groups excluding carboxylic acids is 1. The first-order valence-corrected chi connectivity index (χ1v) is 8.68. The van der Waals surface area contributed by atoms with Crippen molar-refractivity contribution in [2.45, 2.75) is 57.6 Å². The first-order chi connectivity index (χ1) is 11.2. The molecule has 122 valence electrons. The molecule has 1 amide bonds. The average molecular weight is 311 g/mol. The Morgan fingerprint density at radius 2 is 1.74 bits per heavy atom. The van der Waals surface area contributed by atoms with Gasteiger partial charge in [-0.05, 0) is 42.7 Å². The topological polar surface area (TPSA) is 38.3 Å². The molecule has 0 heterocycles. The zero-order valence-corrected chi connectivity index (χ0v) is 13.8. The number of amides is 1. The molecule has 0 spiro atoms. The van der Waals surface area contributed by atoms with Crippen LogP contribution in [0.3, 0.4) is 0 Å². The second-order valence-electron chi connectivity index (χ2n) is 6.47. The Hall–Kier alpha value is -2.03. The van der Waals surface area contributed by atoms with Crippen LogP contribution < -0.4 is 10.1 Å². The SMILES string of the molecule is C[C@H](Oc1ccc2ccccc2c1)C(=O)NC1CCCCCC1. The van der Waals surface area contributed by atoms with Gasteiger partial charge in [0.1, 0.15) is 5.75 Å². The molecule has 3 rings (SSSR count). The maximum Gasteiger partial charge on any atom is 0.260 e. The summed E-state index contributed by atoms with van der Waals surface area (Å²) in [5, 5.41) is 5.45. The summed E-state index contributed by atoms with van der Waals surface area (Å²) in [5.74, 6) is 0.734. The standard InChI is InChI=1S/C20H25NO2/c1-15(20(22)21-18-10-4-2-3-5-11-18)23-19-13-12-16-8-6-7-9-17(16)14-19/h6-9,12-15,18H,2-5,10-11H2,1H3,(H,21,22)/t15-/m0/s1. The summed E-state index contributed by atoms with van der Waals surface area (Å²) in [6.45, 7) is 1.82. The molecule has 1 aliphatic rings. The number of hydrogen-bond acceptors (Lipinski definition) is 2. The van der Waals surface area contributed by atoms with Crippen LogP contribution in [-0.4, -0.2) is 18.1 Å². The van der Waals surface area contributed by atoms with Crippen LogP contribution in [-0.2, 0) is 4.79 Å². The van der Waals surface area contributed by atoms with Crippen molar-refractivity contribution < 1.29 is 9.53 Å². The number of ether oxygens (including phenoxy) is 1. The van der Waals surface area contributed by atoms with Gasteiger partial charge in [0.15, 0.2) is 6.10 Å². The van der Waals surface area contributed by atoms with Crippen molar-refractivity contribution in [1.82, 2.24) is 5.32 Å². The van der Waals surface area contributed by atoms with Crippen LogP contribution in [0.1, 0.15) is 45.4 Å². The minimum atomic E-state index is -0.473. The Balaban J connectivity index is 1.60. The predicted molar refractivity (Wildman–Crippen MR) is 93.7 cm³/mol. The Bertz CT molecular complexity index is 659. The first-order valence-electron chi connectivity index (χ1n) is 8.68. The first kappa shape index (κ1) is 15.9. The quantitative estimate of drug-likeness (QED) is 0.847. The van der Waals surface area contributed by atoms with Gasteiger partial charge in [0.2, 0.25) is 0 Å². The number of hydrogen-bond donors (Lipinski definition) is 1. The van der Waals surface area contributed by atoms with Gasteiger partial charge < -0.3 is 10.1 Å². The molecule has 0 aliphatic heterocycles. The second kappa shape index (κ2) is 7.49. The van der Waals surface area contributed by atoms with Gasteiger partial charge >= 0.3 is 0 Å². The third-order valence-electron chi connectivity index (χ3n) is 4.60. The fourth-order valence-electron chi connectivity index (χ4n) is 3.24. The molecule has 2 aromatic rings. The Morgan fingerprint density at radius 1 is 1.04 bits per heavy atom. The van der Waals surface area contributed by atoms with Crippen molar-refractivity contribution in [2.24, 2.45) is 0 Å². The number of carbonyl (C=O) groups is 1. The van der Waals surface area contributed by atoms with Gasteiger partial charge in [-0.3, -0.25) is 4.79 Å². The van der Waals surface area contributed by atoms with Gasteiger partial charge in [-0.2, -0.15) is 0 Å². The molecule has 23 heavy (non-hydrogen) atoms. The van der Waals surface area contributed by atoms with Gasteiger partial charge in [-0.25, -0.2) is 0 Å². The third kappa shape index (κ3) is 4.25. The highest BCUT2D eigenvalue weighted by molar-refractivity contribution is 5.84. The smallest absolute Gasteiger partial charge is 0.260 e. The maximum absolute atomic E-state index is 12.4. The van der Waals surface area contributed by atoms with Crippen molar-refractivity contribution in [3.05, 3.63) is 42.5 Å². The highest BCUT2D eigenvalue weighted by Crippen LogP contribution is 2.22. The zero-order chi connectivity index (χ0) is 16.1. The number of fused-ring (bicyclic) bond motifs is 1. The lowest BCUT2D eigenvalue weighted by Gasteiger charge is -2.20. The minimum Gasteiger partial charge on any atom is -0.481 e. The van der Waals surface area contributed by atoms with E-state index in [-0.39, 0.29) is 5.91 Å². The van der Waals surface area contributed by atoms with Gasteiger partial charge in [0, 0.05) is 6.04 Å². The monoisotopic (exact) mass is 311 g/mol. The van der Waals surface area contributed by atoms with E-state index in [2.05, 4.69) is 17.4 Å². The predicted octanol–water partition coefficient (Wildman–Crippen LogP) is 4.45. The minimum absolute atomic E-state index is 0.00920. The van der Waals surface area contributed by atoms with Crippen molar-refractivity contribution in [1.29, 1.82) is 0 Å². The Labute approximate surface area is 138 Å². The second-order valence-corrected chi connectivity index (χ2v) is 6.47. The van der Waals surface area contributed by atoms with E-state index in [1.807, 2.05) is 37.3 Å². The Morgan fingerprint density at radius 3 is 2.48 bits per heavy atom. The van der Waals surface area contributed by atoms with Crippen molar-refractivity contribution in [2.75, 3.05) is 0 Å². The average Bonchev–Trinajstić information content (AvgIpc) is 2.83. The zero-order valence-electron chi connectivity index (χ0n) is 13.8. The van der Waals surface area contributed by atoms with Gasteiger partial charge in [-0.1, -0.05) is 56.0 Å². The summed E-state index contributed by atoms with van der Waals surface area (Å²) < 4.78 is 5.84. The van der Waals surface area contributed by atoms with Crippen molar-refractivity contribution >= 4 is 16.7 Å². The van der Waals surface area contributed by atoms with E-state index in [9.17, 15) is 4.79 Å². The molecule has 1 saturated carbocycles. The largest absolute Gasteiger partial charge is 0.481 e. The van der Waals surface area contributed by atoms with E-state index in [4.69, 9.17) is 4.74 Å². The maximum atomic E-state index is 12.4. The molecule has 3 nitrogen and oxygen atoms in total. The van der Waals surface area contributed by atoms with Crippen LogP contribution in [0.4, 0.5) is 0 Å². The normalized spacial score (nSPS) is 17.4. The molecule has 2 aromatic carbocycles. The highest BCUT2D eigenvalue weighted by Gasteiger charge is 2.20. The van der Waals surface area contributed by atoms with E-state index < -0.39 is 6.10 Å². The molecule has 0 aromatic heterocycles. The van der Waals surface area contributed by atoms with Crippen LogP contribution in [0, 0.1) is 0 Å². The van der Waals surface area contributed by atoms with E-state index in [0.717, 1.165) is 24.0 Å².